The Labute approximate surface area is 154 Å². The smallest absolute Gasteiger partial charge is 0.260 e. The standard InChI is InChI=1S/C21H25FN2O2/c1-2-19-15-23(14-17-8-10-18(22)11-9-17)12-13-24(19)21(25)16-26-20-6-4-3-5-7-20/h3-11,19H,2,12-16H2,1H3. The number of hydrogen-bond donors (Lipinski definition) is 0. The minimum Gasteiger partial charge on any atom is -0.484 e. The lowest BCUT2D eigenvalue weighted by molar-refractivity contribution is -0.138. The number of hydrogen-bond acceptors (Lipinski definition) is 3. The first kappa shape index (κ1) is 18.4. The third-order valence-corrected chi connectivity index (χ3v) is 4.78. The van der Waals surface area contributed by atoms with Crippen molar-refractivity contribution in [1.82, 2.24) is 9.80 Å². The molecule has 1 heterocycles. The fourth-order valence-corrected chi connectivity index (χ4v) is 3.33. The number of carbonyl (C=O) groups excluding carboxylic acids is 1. The van der Waals surface area contributed by atoms with Crippen LogP contribution in [-0.4, -0.2) is 48.0 Å². The molecule has 1 unspecified atom stereocenters. The molecule has 1 aliphatic rings. The maximum absolute atomic E-state index is 13.0. The lowest BCUT2D eigenvalue weighted by Gasteiger charge is -2.41. The van der Waals surface area contributed by atoms with Gasteiger partial charge in [-0.05, 0) is 36.2 Å². The van der Waals surface area contributed by atoms with E-state index in [0.29, 0.717) is 12.3 Å². The minimum atomic E-state index is -0.214. The van der Waals surface area contributed by atoms with E-state index >= 15 is 0 Å². The van der Waals surface area contributed by atoms with Crippen molar-refractivity contribution in [3.8, 4) is 5.75 Å². The topological polar surface area (TPSA) is 32.8 Å². The second kappa shape index (κ2) is 8.81. The van der Waals surface area contributed by atoms with Gasteiger partial charge in [0.2, 0.25) is 0 Å². The Kier molecular flexibility index (Phi) is 6.23. The van der Waals surface area contributed by atoms with Gasteiger partial charge in [-0.25, -0.2) is 4.39 Å². The lowest BCUT2D eigenvalue weighted by Crippen LogP contribution is -2.55. The lowest BCUT2D eigenvalue weighted by atomic mass is 10.1. The molecule has 5 heteroatoms. The molecule has 0 spiro atoms. The van der Waals surface area contributed by atoms with Crippen LogP contribution >= 0.6 is 0 Å². The van der Waals surface area contributed by atoms with Gasteiger partial charge in [-0.2, -0.15) is 0 Å². The average Bonchev–Trinajstić information content (AvgIpc) is 2.68. The van der Waals surface area contributed by atoms with Crippen molar-refractivity contribution >= 4 is 5.91 Å². The summed E-state index contributed by atoms with van der Waals surface area (Å²) in [4.78, 5) is 16.8. The zero-order valence-corrected chi connectivity index (χ0v) is 15.1. The Morgan fingerprint density at radius 1 is 1.12 bits per heavy atom. The Morgan fingerprint density at radius 2 is 1.85 bits per heavy atom. The van der Waals surface area contributed by atoms with Gasteiger partial charge in [-0.15, -0.1) is 0 Å². The second-order valence-electron chi connectivity index (χ2n) is 6.61. The third-order valence-electron chi connectivity index (χ3n) is 4.78. The molecular weight excluding hydrogens is 331 g/mol. The Bertz CT molecular complexity index is 706. The quantitative estimate of drug-likeness (QED) is 0.796. The summed E-state index contributed by atoms with van der Waals surface area (Å²) < 4.78 is 18.7. The normalized spacial score (nSPS) is 17.9. The number of benzene rings is 2. The van der Waals surface area contributed by atoms with Crippen LogP contribution in [0.5, 0.6) is 5.75 Å². The van der Waals surface area contributed by atoms with E-state index in [0.717, 1.165) is 31.6 Å². The molecule has 1 amide bonds. The maximum Gasteiger partial charge on any atom is 0.260 e. The maximum atomic E-state index is 13.0. The number of amides is 1. The summed E-state index contributed by atoms with van der Waals surface area (Å²) >= 11 is 0. The molecule has 3 rings (SSSR count). The van der Waals surface area contributed by atoms with Crippen LogP contribution in [0.4, 0.5) is 4.39 Å². The molecule has 0 aliphatic carbocycles. The van der Waals surface area contributed by atoms with Crippen molar-refractivity contribution in [3.05, 3.63) is 66.0 Å². The number of nitrogens with zero attached hydrogens (tertiary/aromatic N) is 2. The highest BCUT2D eigenvalue weighted by Gasteiger charge is 2.29. The largest absolute Gasteiger partial charge is 0.484 e. The van der Waals surface area contributed by atoms with E-state index in [-0.39, 0.29) is 24.4 Å². The highest BCUT2D eigenvalue weighted by molar-refractivity contribution is 5.78. The predicted molar refractivity (Wildman–Crippen MR) is 99.4 cm³/mol. The van der Waals surface area contributed by atoms with Gasteiger partial charge in [0.25, 0.3) is 5.91 Å². The molecule has 0 bridgehead atoms. The molecule has 1 saturated heterocycles. The van der Waals surface area contributed by atoms with Gasteiger partial charge in [0.05, 0.1) is 0 Å². The molecule has 0 N–H and O–H groups in total. The molecule has 1 aliphatic heterocycles. The number of ether oxygens (including phenoxy) is 1. The van der Waals surface area contributed by atoms with Gasteiger partial charge < -0.3 is 9.64 Å². The number of rotatable bonds is 6. The van der Waals surface area contributed by atoms with Gasteiger partial charge in [-0.3, -0.25) is 9.69 Å². The molecule has 4 nitrogen and oxygen atoms in total. The molecule has 26 heavy (non-hydrogen) atoms. The zero-order chi connectivity index (χ0) is 18.4. The van der Waals surface area contributed by atoms with Crippen LogP contribution in [-0.2, 0) is 11.3 Å². The molecule has 138 valence electrons. The van der Waals surface area contributed by atoms with Crippen LogP contribution in [0.2, 0.25) is 0 Å². The van der Waals surface area contributed by atoms with Crippen LogP contribution in [0.25, 0.3) is 0 Å². The van der Waals surface area contributed by atoms with Crippen molar-refractivity contribution in [2.24, 2.45) is 0 Å². The highest BCUT2D eigenvalue weighted by atomic mass is 19.1. The van der Waals surface area contributed by atoms with Crippen molar-refractivity contribution in [2.75, 3.05) is 26.2 Å². The molecule has 2 aromatic carbocycles. The van der Waals surface area contributed by atoms with Crippen LogP contribution in [0.3, 0.4) is 0 Å². The first-order chi connectivity index (χ1) is 12.7. The Morgan fingerprint density at radius 3 is 2.54 bits per heavy atom. The molecule has 0 saturated carbocycles. The first-order valence-corrected chi connectivity index (χ1v) is 9.10. The van der Waals surface area contributed by atoms with Gasteiger partial charge in [0.15, 0.2) is 6.61 Å². The fourth-order valence-electron chi connectivity index (χ4n) is 3.33. The van der Waals surface area contributed by atoms with E-state index in [1.54, 1.807) is 0 Å². The molecule has 0 aromatic heterocycles. The van der Waals surface area contributed by atoms with Crippen LogP contribution in [0.15, 0.2) is 54.6 Å². The van der Waals surface area contributed by atoms with Crippen LogP contribution in [0.1, 0.15) is 18.9 Å². The van der Waals surface area contributed by atoms with Crippen molar-refractivity contribution in [2.45, 2.75) is 25.9 Å². The third kappa shape index (κ3) is 4.82. The summed E-state index contributed by atoms with van der Waals surface area (Å²) in [6, 6.07) is 16.2. The van der Waals surface area contributed by atoms with E-state index in [2.05, 4.69) is 11.8 Å². The SMILES string of the molecule is CCC1CN(Cc2ccc(F)cc2)CCN1C(=O)COc1ccccc1. The minimum absolute atomic E-state index is 0.0298. The molecule has 0 radical (unpaired) electrons. The van der Waals surface area contributed by atoms with Crippen molar-refractivity contribution in [3.63, 3.8) is 0 Å². The fraction of sp³-hybridized carbons (Fsp3) is 0.381. The number of piperazine rings is 1. The predicted octanol–water partition coefficient (Wildman–Crippen LogP) is 3.33. The summed E-state index contributed by atoms with van der Waals surface area (Å²) in [5.41, 5.74) is 1.09. The molecule has 1 fully saturated rings. The van der Waals surface area contributed by atoms with E-state index in [1.165, 1.54) is 12.1 Å². The van der Waals surface area contributed by atoms with Gasteiger partial charge in [-0.1, -0.05) is 37.3 Å². The summed E-state index contributed by atoms with van der Waals surface area (Å²) in [6.45, 7) is 5.27. The second-order valence-corrected chi connectivity index (χ2v) is 6.61. The number of para-hydroxylation sites is 1. The number of carbonyl (C=O) groups is 1. The summed E-state index contributed by atoms with van der Waals surface area (Å²) in [7, 11) is 0. The van der Waals surface area contributed by atoms with E-state index < -0.39 is 0 Å². The van der Waals surface area contributed by atoms with Gasteiger partial charge >= 0.3 is 0 Å². The van der Waals surface area contributed by atoms with E-state index in [1.807, 2.05) is 47.4 Å². The molecule has 1 atom stereocenters. The van der Waals surface area contributed by atoms with E-state index in [9.17, 15) is 9.18 Å². The van der Waals surface area contributed by atoms with Crippen molar-refractivity contribution < 1.29 is 13.9 Å². The summed E-state index contributed by atoms with van der Waals surface area (Å²) in [6.07, 6.45) is 0.900. The van der Waals surface area contributed by atoms with Crippen LogP contribution in [0, 0.1) is 5.82 Å². The first-order valence-electron chi connectivity index (χ1n) is 9.10. The molecular formula is C21H25FN2O2. The Hall–Kier alpha value is -2.40. The number of halogens is 1. The van der Waals surface area contributed by atoms with Crippen LogP contribution < -0.4 is 4.74 Å². The molecule has 2 aromatic rings. The Balaban J connectivity index is 1.53. The van der Waals surface area contributed by atoms with E-state index in [4.69, 9.17) is 4.74 Å². The summed E-state index contributed by atoms with van der Waals surface area (Å²) in [5, 5.41) is 0. The average molecular weight is 356 g/mol. The van der Waals surface area contributed by atoms with Gasteiger partial charge in [0, 0.05) is 32.2 Å². The highest BCUT2D eigenvalue weighted by Crippen LogP contribution is 2.17. The zero-order valence-electron chi connectivity index (χ0n) is 15.1. The van der Waals surface area contributed by atoms with Crippen molar-refractivity contribution in [1.29, 1.82) is 0 Å². The van der Waals surface area contributed by atoms with Gasteiger partial charge in [0.1, 0.15) is 11.6 Å². The summed E-state index contributed by atoms with van der Waals surface area (Å²) in [5.74, 6) is 0.528. The monoisotopic (exact) mass is 356 g/mol.